The van der Waals surface area contributed by atoms with Gasteiger partial charge in [0.25, 0.3) is 11.1 Å². The molecule has 0 saturated heterocycles. The number of fused-ring (bicyclic) bond motifs is 4. The molecule has 0 fully saturated rings. The Kier molecular flexibility index (Phi) is 15.5. The van der Waals surface area contributed by atoms with E-state index in [1.807, 2.05) is 49.0 Å². The lowest BCUT2D eigenvalue weighted by Crippen LogP contribution is -2.41. The minimum absolute atomic E-state index is 0. The summed E-state index contributed by atoms with van der Waals surface area (Å²) in [5.41, 5.74) is 3.49. The van der Waals surface area contributed by atoms with Crippen molar-refractivity contribution in [3.63, 3.8) is 0 Å². The molecule has 2 unspecified atom stereocenters. The van der Waals surface area contributed by atoms with Crippen LogP contribution < -0.4 is 11.1 Å². The second-order valence-corrected chi connectivity index (χ2v) is 14.9. The smallest absolute Gasteiger partial charge is 0.261 e. The minimum Gasteiger partial charge on any atom is -0.305 e. The molecule has 2 aliphatic heterocycles. The Balaban J connectivity index is 0.000000209. The summed E-state index contributed by atoms with van der Waals surface area (Å²) in [6.45, 7) is 1.41. The first-order chi connectivity index (χ1) is 26.4. The molecule has 12 heteroatoms. The van der Waals surface area contributed by atoms with Gasteiger partial charge in [0.2, 0.25) is 0 Å². The summed E-state index contributed by atoms with van der Waals surface area (Å²) >= 11 is 3.43. The van der Waals surface area contributed by atoms with Crippen molar-refractivity contribution in [3.05, 3.63) is 150 Å². The normalized spacial score (nSPS) is 15.2. The van der Waals surface area contributed by atoms with Crippen molar-refractivity contribution in [3.8, 4) is 24.2 Å². The second-order valence-electron chi connectivity index (χ2n) is 14.0. The third-order valence-corrected chi connectivity index (χ3v) is 10.3. The highest BCUT2D eigenvalue weighted by molar-refractivity contribution is 9.10. The molecule has 2 aromatic heterocycles. The van der Waals surface area contributed by atoms with Gasteiger partial charge in [-0.3, -0.25) is 18.7 Å². The predicted octanol–water partition coefficient (Wildman–Crippen LogP) is 7.71. The summed E-state index contributed by atoms with van der Waals surface area (Å²) in [7, 11) is 8.20. The topological polar surface area (TPSA) is 76.3 Å². The quantitative estimate of drug-likeness (QED) is 0.166. The lowest BCUT2D eigenvalue weighted by Gasteiger charge is -2.30. The molecule has 0 N–H and O–H groups in total. The van der Waals surface area contributed by atoms with E-state index in [1.54, 1.807) is 34.9 Å². The number of rotatable bonds is 2. The van der Waals surface area contributed by atoms with Gasteiger partial charge in [-0.05, 0) is 114 Å². The summed E-state index contributed by atoms with van der Waals surface area (Å²) in [6, 6.07) is 24.0. The third kappa shape index (κ3) is 10.8. The van der Waals surface area contributed by atoms with Crippen LogP contribution >= 0.6 is 28.3 Å². The summed E-state index contributed by atoms with van der Waals surface area (Å²) in [5, 5.41) is 1.31. The number of terminal acetylenes is 1. The molecular formula is C45H46BrClF2N6O2. The first kappa shape index (κ1) is 44.5. The molecule has 0 spiro atoms. The molecule has 0 saturated carbocycles. The number of halogens is 4. The van der Waals surface area contributed by atoms with Crippen LogP contribution in [0.15, 0.2) is 99.0 Å². The van der Waals surface area contributed by atoms with Gasteiger partial charge in [0.15, 0.2) is 0 Å². The summed E-state index contributed by atoms with van der Waals surface area (Å²) < 4.78 is 30.1. The standard InChI is InChI=1S/C22H20FN3O.C14H16BrN3O.C8H5F.CH4.ClH/c1-25(2)18-9-11-21-24-20-13-16(7-6-15-4-3-5-17(23)12-15)8-10-19(20)22(27)26(21)14-18;1-17(2)10-4-6-13-16-12-7-9(15)3-5-11(12)14(19)18(13)8-10;1-2-7-4-3-5-8(9)6-7;;/h3-5,8,10,12-13,18H,9,11,14H2,1-2H3;3,5,7,10H,4,6,8H2,1-2H3;1,3-6H;1H4;1H. The van der Waals surface area contributed by atoms with Crippen molar-refractivity contribution < 1.29 is 8.78 Å². The SMILES string of the molecule is C.C#Cc1cccc(F)c1.CN(C)C1CCc2nc3cc(Br)ccc3c(=O)n2C1.CN(C)C1CCc2nc3cc(C#Cc4cccc(F)c4)ccc3c(=O)n2C1.Cl. The van der Waals surface area contributed by atoms with Crippen LogP contribution in [0, 0.1) is 35.8 Å². The zero-order chi connectivity index (χ0) is 39.2. The Bertz CT molecular complexity index is 2610. The van der Waals surface area contributed by atoms with Crippen LogP contribution in [0.3, 0.4) is 0 Å². The van der Waals surface area contributed by atoms with E-state index in [4.69, 9.17) is 11.4 Å². The Morgan fingerprint density at radius 1 is 0.684 bits per heavy atom. The lowest BCUT2D eigenvalue weighted by molar-refractivity contribution is 0.226. The first-order valence-electron chi connectivity index (χ1n) is 17.9. The largest absolute Gasteiger partial charge is 0.305 e. The fourth-order valence-corrected chi connectivity index (χ4v) is 7.02. The molecule has 0 amide bonds. The van der Waals surface area contributed by atoms with Gasteiger partial charge < -0.3 is 9.80 Å². The third-order valence-electron chi connectivity index (χ3n) is 9.85. The Labute approximate surface area is 347 Å². The molecule has 2 atom stereocenters. The lowest BCUT2D eigenvalue weighted by atomic mass is 10.0. The molecule has 0 radical (unpaired) electrons. The number of aryl methyl sites for hydroxylation is 2. The van der Waals surface area contributed by atoms with Crippen LogP contribution in [0.1, 0.15) is 48.6 Å². The van der Waals surface area contributed by atoms with Gasteiger partial charge in [0.05, 0.1) is 21.8 Å². The van der Waals surface area contributed by atoms with E-state index in [0.717, 1.165) is 59.4 Å². The molecular weight excluding hydrogens is 810 g/mol. The average Bonchev–Trinajstić information content (AvgIpc) is 3.17. The molecule has 4 aromatic carbocycles. The number of hydrogen-bond donors (Lipinski definition) is 0. The van der Waals surface area contributed by atoms with Gasteiger partial charge in [-0.2, -0.15) is 0 Å². The number of likely N-dealkylation sites (N-methyl/N-ethyl adjacent to an activating group) is 2. The molecule has 8 rings (SSSR count). The maximum absolute atomic E-state index is 13.3. The van der Waals surface area contributed by atoms with Gasteiger partial charge in [0, 0.05) is 59.2 Å². The number of nitrogens with zero attached hydrogens (tertiary/aromatic N) is 6. The van der Waals surface area contributed by atoms with Crippen LogP contribution in [0.25, 0.3) is 21.8 Å². The fraction of sp³-hybridized carbons (Fsp3) is 0.289. The van der Waals surface area contributed by atoms with Crippen LogP contribution in [0.5, 0.6) is 0 Å². The molecule has 4 heterocycles. The molecule has 0 aliphatic carbocycles. The predicted molar refractivity (Wildman–Crippen MR) is 232 cm³/mol. The van der Waals surface area contributed by atoms with Crippen molar-refractivity contribution in [1.29, 1.82) is 0 Å². The highest BCUT2D eigenvalue weighted by Gasteiger charge is 2.24. The van der Waals surface area contributed by atoms with Gasteiger partial charge in [0.1, 0.15) is 23.3 Å². The van der Waals surface area contributed by atoms with Crippen LogP contribution in [-0.2, 0) is 25.9 Å². The zero-order valence-corrected chi connectivity index (χ0v) is 34.0. The van der Waals surface area contributed by atoms with E-state index in [2.05, 4.69) is 62.6 Å². The van der Waals surface area contributed by atoms with Gasteiger partial charge in [-0.15, -0.1) is 18.8 Å². The Morgan fingerprint density at radius 2 is 1.14 bits per heavy atom. The number of hydrogen-bond acceptors (Lipinski definition) is 6. The van der Waals surface area contributed by atoms with Gasteiger partial charge in [-0.1, -0.05) is 53.3 Å². The minimum atomic E-state index is -0.308. The van der Waals surface area contributed by atoms with Crippen molar-refractivity contribution in [2.75, 3.05) is 28.2 Å². The summed E-state index contributed by atoms with van der Waals surface area (Å²) in [6.07, 6.45) is 8.69. The van der Waals surface area contributed by atoms with E-state index in [-0.39, 0.29) is 42.6 Å². The summed E-state index contributed by atoms with van der Waals surface area (Å²) in [5.74, 6) is 9.46. The average molecular weight is 856 g/mol. The van der Waals surface area contributed by atoms with E-state index >= 15 is 0 Å². The van der Waals surface area contributed by atoms with Crippen molar-refractivity contribution in [2.24, 2.45) is 0 Å². The molecule has 57 heavy (non-hydrogen) atoms. The van der Waals surface area contributed by atoms with E-state index < -0.39 is 0 Å². The molecule has 6 aromatic rings. The number of aromatic nitrogens is 4. The first-order valence-corrected chi connectivity index (χ1v) is 18.7. The highest BCUT2D eigenvalue weighted by Crippen LogP contribution is 2.21. The number of benzene rings is 4. The van der Waals surface area contributed by atoms with Crippen LogP contribution in [0.4, 0.5) is 8.78 Å². The van der Waals surface area contributed by atoms with Gasteiger partial charge in [-0.25, -0.2) is 18.7 Å². The Hall–Kier alpha value is -5.17. The van der Waals surface area contributed by atoms with E-state index in [1.165, 1.54) is 24.3 Å². The summed E-state index contributed by atoms with van der Waals surface area (Å²) in [4.78, 5) is 39.1. The Morgan fingerprint density at radius 3 is 1.61 bits per heavy atom. The molecule has 8 nitrogen and oxygen atoms in total. The van der Waals surface area contributed by atoms with Crippen molar-refractivity contribution >= 4 is 50.1 Å². The molecule has 296 valence electrons. The van der Waals surface area contributed by atoms with E-state index in [9.17, 15) is 18.4 Å². The fourth-order valence-electron chi connectivity index (χ4n) is 6.67. The van der Waals surface area contributed by atoms with Crippen LogP contribution in [-0.4, -0.2) is 69.2 Å². The highest BCUT2D eigenvalue weighted by atomic mass is 79.9. The zero-order valence-electron chi connectivity index (χ0n) is 31.6. The monoisotopic (exact) mass is 854 g/mol. The van der Waals surface area contributed by atoms with Gasteiger partial charge >= 0.3 is 0 Å². The van der Waals surface area contributed by atoms with Crippen LogP contribution in [0.2, 0.25) is 0 Å². The second kappa shape index (κ2) is 19.8. The van der Waals surface area contributed by atoms with E-state index in [0.29, 0.717) is 46.0 Å². The maximum Gasteiger partial charge on any atom is 0.261 e. The molecule has 2 aliphatic rings. The molecule has 0 bridgehead atoms. The van der Waals surface area contributed by atoms with Crippen molar-refractivity contribution in [2.45, 2.75) is 58.3 Å². The van der Waals surface area contributed by atoms with Crippen molar-refractivity contribution in [1.82, 2.24) is 28.9 Å². The maximum atomic E-state index is 13.3.